The Morgan fingerprint density at radius 1 is 1.00 bits per heavy atom. The van der Waals surface area contributed by atoms with Gasteiger partial charge in [-0.25, -0.2) is 8.78 Å². The van der Waals surface area contributed by atoms with Gasteiger partial charge in [0.1, 0.15) is 12.6 Å². The van der Waals surface area contributed by atoms with Crippen LogP contribution in [-0.2, 0) is 19.2 Å². The standard InChI is InChI=1S/C24H28F4N2O6/c25-15-10-16(26)22(28)23(21(15)27)36-12-18(31)17(11-20(33)34)29-24(35)14-5-7-30(8-6-14)19(32)9-13-3-1-2-4-13/h10,13-14,17H,1-9,11-12H2,(H,29,35)(H,33,34)/t17-/m0/s1. The molecule has 12 heteroatoms. The van der Waals surface area contributed by atoms with E-state index in [2.05, 4.69) is 10.1 Å². The van der Waals surface area contributed by atoms with Gasteiger partial charge in [0.2, 0.25) is 23.4 Å². The Kier molecular flexibility index (Phi) is 9.27. The molecule has 1 aromatic carbocycles. The molecule has 0 bridgehead atoms. The zero-order valence-corrected chi connectivity index (χ0v) is 19.5. The summed E-state index contributed by atoms with van der Waals surface area (Å²) in [6, 6.07) is -1.62. The van der Waals surface area contributed by atoms with E-state index in [0.717, 1.165) is 25.7 Å². The van der Waals surface area contributed by atoms with Crippen LogP contribution in [0.3, 0.4) is 0 Å². The third kappa shape index (κ3) is 6.94. The molecule has 2 fully saturated rings. The van der Waals surface area contributed by atoms with Crippen LogP contribution in [0, 0.1) is 35.1 Å². The summed E-state index contributed by atoms with van der Waals surface area (Å²) in [4.78, 5) is 50.6. The third-order valence-electron chi connectivity index (χ3n) is 6.67. The summed E-state index contributed by atoms with van der Waals surface area (Å²) in [6.07, 6.45) is 4.64. The number of benzene rings is 1. The van der Waals surface area contributed by atoms with Crippen molar-refractivity contribution >= 4 is 23.6 Å². The lowest BCUT2D eigenvalue weighted by Gasteiger charge is -2.32. The highest BCUT2D eigenvalue weighted by Crippen LogP contribution is 2.29. The van der Waals surface area contributed by atoms with Crippen LogP contribution < -0.4 is 10.1 Å². The second-order valence-corrected chi connectivity index (χ2v) is 9.22. The van der Waals surface area contributed by atoms with Gasteiger partial charge in [0.05, 0.1) is 6.42 Å². The first-order valence-electron chi connectivity index (χ1n) is 11.8. The molecule has 1 atom stereocenters. The van der Waals surface area contributed by atoms with E-state index >= 15 is 0 Å². The van der Waals surface area contributed by atoms with E-state index in [4.69, 9.17) is 5.11 Å². The Bertz CT molecular complexity index is 981. The van der Waals surface area contributed by atoms with Crippen molar-refractivity contribution in [3.05, 3.63) is 29.3 Å². The summed E-state index contributed by atoms with van der Waals surface area (Å²) in [5, 5.41) is 11.4. The lowest BCUT2D eigenvalue weighted by molar-refractivity contribution is -0.141. The minimum absolute atomic E-state index is 0.0274. The number of rotatable bonds is 10. The number of hydrogen-bond donors (Lipinski definition) is 2. The number of carbonyl (C=O) groups is 4. The van der Waals surface area contributed by atoms with Crippen molar-refractivity contribution in [2.45, 2.75) is 57.4 Å². The number of nitrogens with zero attached hydrogens (tertiary/aromatic N) is 1. The molecule has 3 rings (SSSR count). The van der Waals surface area contributed by atoms with Crippen molar-refractivity contribution < 1.29 is 46.6 Å². The molecule has 2 amide bonds. The van der Waals surface area contributed by atoms with E-state index in [1.54, 1.807) is 4.90 Å². The molecule has 1 aliphatic heterocycles. The number of hydrogen-bond acceptors (Lipinski definition) is 5. The minimum atomic E-state index is -1.85. The Balaban J connectivity index is 1.55. The molecule has 0 radical (unpaired) electrons. The number of piperidine rings is 1. The number of halogens is 4. The number of carboxylic acid groups (broad SMARTS) is 1. The van der Waals surface area contributed by atoms with Gasteiger partial charge in [0.25, 0.3) is 0 Å². The average Bonchev–Trinajstić information content (AvgIpc) is 3.35. The van der Waals surface area contributed by atoms with Gasteiger partial charge in [-0.2, -0.15) is 8.78 Å². The van der Waals surface area contributed by atoms with Crippen LogP contribution in [0.25, 0.3) is 0 Å². The van der Waals surface area contributed by atoms with Crippen LogP contribution in [0.4, 0.5) is 17.6 Å². The number of ketones is 1. The van der Waals surface area contributed by atoms with Gasteiger partial charge in [-0.1, -0.05) is 12.8 Å². The first kappa shape index (κ1) is 27.4. The summed E-state index contributed by atoms with van der Waals surface area (Å²) in [7, 11) is 0. The third-order valence-corrected chi connectivity index (χ3v) is 6.67. The van der Waals surface area contributed by atoms with Crippen LogP contribution in [-0.4, -0.2) is 59.3 Å². The summed E-state index contributed by atoms with van der Waals surface area (Å²) < 4.78 is 58.8. The molecule has 1 saturated heterocycles. The van der Waals surface area contributed by atoms with Crippen molar-refractivity contribution in [1.82, 2.24) is 10.2 Å². The second kappa shape index (κ2) is 12.2. The van der Waals surface area contributed by atoms with Crippen LogP contribution >= 0.6 is 0 Å². The number of nitrogens with one attached hydrogen (secondary N) is 1. The van der Waals surface area contributed by atoms with Crippen LogP contribution in [0.2, 0.25) is 0 Å². The van der Waals surface area contributed by atoms with E-state index in [-0.39, 0.29) is 12.0 Å². The van der Waals surface area contributed by atoms with E-state index < -0.39 is 71.7 Å². The largest absolute Gasteiger partial charge is 0.481 e. The van der Waals surface area contributed by atoms with Gasteiger partial charge in [0.15, 0.2) is 23.2 Å². The fourth-order valence-corrected chi connectivity index (χ4v) is 4.61. The highest BCUT2D eigenvalue weighted by molar-refractivity contribution is 5.93. The Hall–Kier alpha value is -3.18. The molecule has 8 nitrogen and oxygen atoms in total. The zero-order valence-electron chi connectivity index (χ0n) is 19.5. The Labute approximate surface area is 205 Å². The molecular weight excluding hydrogens is 488 g/mol. The van der Waals surface area contributed by atoms with Gasteiger partial charge in [-0.15, -0.1) is 0 Å². The van der Waals surface area contributed by atoms with Gasteiger partial charge in [-0.3, -0.25) is 19.2 Å². The second-order valence-electron chi connectivity index (χ2n) is 9.22. The number of likely N-dealkylation sites (tertiary alicyclic amines) is 1. The highest BCUT2D eigenvalue weighted by atomic mass is 19.2. The van der Waals surface area contributed by atoms with Crippen molar-refractivity contribution in [3.8, 4) is 5.75 Å². The predicted octanol–water partition coefficient (Wildman–Crippen LogP) is 2.97. The van der Waals surface area contributed by atoms with E-state index in [1.807, 2.05) is 0 Å². The molecule has 36 heavy (non-hydrogen) atoms. The maximum absolute atomic E-state index is 13.7. The minimum Gasteiger partial charge on any atom is -0.481 e. The first-order valence-corrected chi connectivity index (χ1v) is 11.8. The van der Waals surface area contributed by atoms with E-state index in [1.165, 1.54) is 0 Å². The molecule has 0 spiro atoms. The van der Waals surface area contributed by atoms with Gasteiger partial charge < -0.3 is 20.1 Å². The lowest BCUT2D eigenvalue weighted by atomic mass is 9.94. The predicted molar refractivity (Wildman–Crippen MR) is 117 cm³/mol. The summed E-state index contributed by atoms with van der Waals surface area (Å²) in [6.45, 7) is -0.426. The van der Waals surface area contributed by atoms with Gasteiger partial charge in [-0.05, 0) is 31.6 Å². The number of Topliss-reactive ketones (excluding diaryl/α,β-unsaturated/α-hetero) is 1. The maximum Gasteiger partial charge on any atom is 0.305 e. The Morgan fingerprint density at radius 2 is 1.58 bits per heavy atom. The molecule has 0 unspecified atom stereocenters. The van der Waals surface area contributed by atoms with Crippen LogP contribution in [0.15, 0.2) is 6.07 Å². The topological polar surface area (TPSA) is 113 Å². The fourth-order valence-electron chi connectivity index (χ4n) is 4.61. The van der Waals surface area contributed by atoms with Crippen molar-refractivity contribution in [3.63, 3.8) is 0 Å². The maximum atomic E-state index is 13.7. The molecule has 0 aromatic heterocycles. The smallest absolute Gasteiger partial charge is 0.305 e. The molecule has 1 heterocycles. The number of aliphatic carboxylic acids is 1. The summed E-state index contributed by atoms with van der Waals surface area (Å²) >= 11 is 0. The average molecular weight is 516 g/mol. The van der Waals surface area contributed by atoms with Gasteiger partial charge in [0, 0.05) is 31.5 Å². The molecule has 1 saturated carbocycles. The number of carbonyl (C=O) groups excluding carboxylic acids is 3. The van der Waals surface area contributed by atoms with Crippen LogP contribution in [0.1, 0.15) is 51.4 Å². The Morgan fingerprint density at radius 3 is 2.14 bits per heavy atom. The van der Waals surface area contributed by atoms with Crippen molar-refractivity contribution in [2.75, 3.05) is 19.7 Å². The summed E-state index contributed by atoms with van der Waals surface area (Å²) in [5.74, 6) is -11.9. The molecule has 2 N–H and O–H groups in total. The van der Waals surface area contributed by atoms with Crippen LogP contribution in [0.5, 0.6) is 5.75 Å². The monoisotopic (exact) mass is 516 g/mol. The lowest BCUT2D eigenvalue weighted by Crippen LogP contribution is -2.49. The highest BCUT2D eigenvalue weighted by Gasteiger charge is 2.32. The normalized spacial score (nSPS) is 17.6. The van der Waals surface area contributed by atoms with Crippen molar-refractivity contribution in [2.24, 2.45) is 11.8 Å². The first-order chi connectivity index (χ1) is 17.1. The van der Waals surface area contributed by atoms with Crippen molar-refractivity contribution in [1.29, 1.82) is 0 Å². The molecule has 1 aromatic rings. The quantitative estimate of drug-likeness (QED) is 0.365. The van der Waals surface area contributed by atoms with E-state index in [0.29, 0.717) is 38.3 Å². The SMILES string of the molecule is O=C(O)C[C@H](NC(=O)C1CCN(C(=O)CC2CCCC2)CC1)C(=O)COc1c(F)c(F)cc(F)c1F. The number of amides is 2. The van der Waals surface area contributed by atoms with E-state index in [9.17, 15) is 36.7 Å². The fraction of sp³-hybridized carbons (Fsp3) is 0.583. The molecule has 2 aliphatic rings. The molecular formula is C24H28F4N2O6. The molecule has 1 aliphatic carbocycles. The number of ether oxygens (including phenoxy) is 1. The summed E-state index contributed by atoms with van der Waals surface area (Å²) in [5.41, 5.74) is 0. The van der Waals surface area contributed by atoms with Gasteiger partial charge >= 0.3 is 5.97 Å². The zero-order chi connectivity index (χ0) is 26.4. The number of carboxylic acids is 1. The molecule has 198 valence electrons.